The van der Waals surface area contributed by atoms with Crippen molar-refractivity contribution in [3.63, 3.8) is 0 Å². The maximum Gasteiger partial charge on any atom is 0.255 e. The molecule has 3 rings (SSSR count). The van der Waals surface area contributed by atoms with Crippen molar-refractivity contribution in [2.75, 3.05) is 38.5 Å². The fourth-order valence-corrected chi connectivity index (χ4v) is 4.80. The molecule has 1 aromatic rings. The van der Waals surface area contributed by atoms with Gasteiger partial charge in [-0.2, -0.15) is 0 Å². The molecule has 2 aliphatic rings. The minimum atomic E-state index is -3.40. The lowest BCUT2D eigenvalue weighted by atomic mass is 10.1. The van der Waals surface area contributed by atoms with Gasteiger partial charge in [-0.3, -0.25) is 9.69 Å². The quantitative estimate of drug-likeness (QED) is 0.788. The molecule has 24 heavy (non-hydrogen) atoms. The Hall–Kier alpha value is -1.40. The van der Waals surface area contributed by atoms with Gasteiger partial charge in [-0.05, 0) is 37.3 Å². The molecule has 1 aromatic carbocycles. The Balaban J connectivity index is 1.71. The third kappa shape index (κ3) is 3.98. The number of carbonyl (C=O) groups excluding carboxylic acids is 1. The van der Waals surface area contributed by atoms with Gasteiger partial charge < -0.3 is 4.90 Å². The number of sulfone groups is 1. The van der Waals surface area contributed by atoms with Crippen molar-refractivity contribution < 1.29 is 13.2 Å². The number of hydrogen-bond donors (Lipinski definition) is 0. The second kappa shape index (κ2) is 7.23. The molecule has 0 radical (unpaired) electrons. The van der Waals surface area contributed by atoms with Crippen molar-refractivity contribution in [2.45, 2.75) is 31.1 Å². The maximum absolute atomic E-state index is 12.9. The molecule has 5 nitrogen and oxygen atoms in total. The van der Waals surface area contributed by atoms with Gasteiger partial charge in [0.15, 0.2) is 9.84 Å². The van der Waals surface area contributed by atoms with E-state index in [4.69, 9.17) is 0 Å². The standard InChI is InChI=1S/C18H26N2O3S/c1-2-13-24(22,23)17-6-4-3-5-16(17)18(21)20-11-9-19(10-12-20)14-15-7-8-15/h3-6,15H,2,7-14H2,1H3. The van der Waals surface area contributed by atoms with Crippen LogP contribution in [-0.2, 0) is 9.84 Å². The number of benzene rings is 1. The van der Waals surface area contributed by atoms with Gasteiger partial charge in [0.1, 0.15) is 0 Å². The van der Waals surface area contributed by atoms with Gasteiger partial charge in [0.25, 0.3) is 5.91 Å². The van der Waals surface area contributed by atoms with E-state index in [0.717, 1.165) is 25.6 Å². The summed E-state index contributed by atoms with van der Waals surface area (Å²) >= 11 is 0. The van der Waals surface area contributed by atoms with Crippen molar-refractivity contribution in [1.82, 2.24) is 9.80 Å². The van der Waals surface area contributed by atoms with Crippen molar-refractivity contribution >= 4 is 15.7 Å². The van der Waals surface area contributed by atoms with Crippen LogP contribution >= 0.6 is 0 Å². The van der Waals surface area contributed by atoms with E-state index in [0.29, 0.717) is 25.1 Å². The van der Waals surface area contributed by atoms with Gasteiger partial charge in [-0.15, -0.1) is 0 Å². The maximum atomic E-state index is 12.9. The number of hydrogen-bond acceptors (Lipinski definition) is 4. The molecular formula is C18H26N2O3S. The summed E-state index contributed by atoms with van der Waals surface area (Å²) in [6, 6.07) is 6.62. The van der Waals surface area contributed by atoms with Gasteiger partial charge >= 0.3 is 0 Å². The van der Waals surface area contributed by atoms with E-state index in [-0.39, 0.29) is 16.6 Å². The largest absolute Gasteiger partial charge is 0.336 e. The van der Waals surface area contributed by atoms with E-state index >= 15 is 0 Å². The molecule has 6 heteroatoms. The molecule has 2 fully saturated rings. The first-order valence-corrected chi connectivity index (χ1v) is 10.5. The minimum absolute atomic E-state index is 0.0759. The average Bonchev–Trinajstić information content (AvgIpc) is 3.39. The number of carbonyl (C=O) groups is 1. The summed E-state index contributed by atoms with van der Waals surface area (Å²) in [7, 11) is -3.40. The third-order valence-electron chi connectivity index (χ3n) is 4.80. The average molecular weight is 350 g/mol. The van der Waals surface area contributed by atoms with E-state index < -0.39 is 9.84 Å². The zero-order chi connectivity index (χ0) is 17.2. The van der Waals surface area contributed by atoms with E-state index in [9.17, 15) is 13.2 Å². The molecular weight excluding hydrogens is 324 g/mol. The Labute approximate surface area is 144 Å². The highest BCUT2D eigenvalue weighted by Crippen LogP contribution is 2.30. The van der Waals surface area contributed by atoms with Crippen molar-refractivity contribution in [1.29, 1.82) is 0 Å². The molecule has 1 aliphatic carbocycles. The molecule has 1 saturated carbocycles. The van der Waals surface area contributed by atoms with Crippen LogP contribution in [0.2, 0.25) is 0 Å². The molecule has 0 atom stereocenters. The topological polar surface area (TPSA) is 57.7 Å². The second-order valence-corrected chi connectivity index (χ2v) is 8.93. The summed E-state index contributed by atoms with van der Waals surface area (Å²) < 4.78 is 24.9. The Bertz CT molecular complexity index is 690. The summed E-state index contributed by atoms with van der Waals surface area (Å²) in [4.78, 5) is 17.2. The van der Waals surface area contributed by atoms with E-state index in [1.54, 1.807) is 29.2 Å². The lowest BCUT2D eigenvalue weighted by Gasteiger charge is -2.35. The predicted octanol–water partition coefficient (Wildman–Crippen LogP) is 2.04. The molecule has 0 aromatic heterocycles. The fraction of sp³-hybridized carbons (Fsp3) is 0.611. The van der Waals surface area contributed by atoms with Crippen LogP contribution < -0.4 is 0 Å². The summed E-state index contributed by atoms with van der Waals surface area (Å²) in [5.41, 5.74) is 0.321. The second-order valence-electron chi connectivity index (χ2n) is 6.85. The summed E-state index contributed by atoms with van der Waals surface area (Å²) in [6.45, 7) is 6.09. The van der Waals surface area contributed by atoms with Crippen LogP contribution in [0.15, 0.2) is 29.2 Å². The van der Waals surface area contributed by atoms with E-state index in [2.05, 4.69) is 4.90 Å². The SMILES string of the molecule is CCCS(=O)(=O)c1ccccc1C(=O)N1CCN(CC2CC2)CC1. The van der Waals surface area contributed by atoms with Crippen LogP contribution in [0.4, 0.5) is 0 Å². The third-order valence-corrected chi connectivity index (χ3v) is 6.77. The van der Waals surface area contributed by atoms with Gasteiger partial charge in [0.05, 0.1) is 16.2 Å². The normalized spacial score (nSPS) is 19.5. The lowest BCUT2D eigenvalue weighted by molar-refractivity contribution is 0.0628. The highest BCUT2D eigenvalue weighted by molar-refractivity contribution is 7.91. The summed E-state index contributed by atoms with van der Waals surface area (Å²) in [5.74, 6) is 0.774. The van der Waals surface area contributed by atoms with E-state index in [1.807, 2.05) is 6.92 Å². The lowest BCUT2D eigenvalue weighted by Crippen LogP contribution is -2.49. The Kier molecular flexibility index (Phi) is 5.25. The molecule has 0 spiro atoms. The summed E-state index contributed by atoms with van der Waals surface area (Å²) in [6.07, 6.45) is 3.22. The first-order chi connectivity index (χ1) is 11.5. The molecule has 132 valence electrons. The first kappa shape index (κ1) is 17.4. The minimum Gasteiger partial charge on any atom is -0.336 e. The molecule has 0 N–H and O–H groups in total. The Morgan fingerprint density at radius 1 is 1.12 bits per heavy atom. The van der Waals surface area contributed by atoms with Crippen LogP contribution in [0.25, 0.3) is 0 Å². The Morgan fingerprint density at radius 3 is 2.42 bits per heavy atom. The van der Waals surface area contributed by atoms with Crippen LogP contribution in [0.3, 0.4) is 0 Å². The fourth-order valence-electron chi connectivity index (χ4n) is 3.26. The van der Waals surface area contributed by atoms with Crippen molar-refractivity contribution in [3.05, 3.63) is 29.8 Å². The van der Waals surface area contributed by atoms with E-state index in [1.165, 1.54) is 12.8 Å². The van der Waals surface area contributed by atoms with Crippen molar-refractivity contribution in [2.24, 2.45) is 5.92 Å². The molecule has 1 amide bonds. The van der Waals surface area contributed by atoms with Gasteiger partial charge in [0.2, 0.25) is 0 Å². The smallest absolute Gasteiger partial charge is 0.255 e. The zero-order valence-corrected chi connectivity index (χ0v) is 15.1. The van der Waals surface area contributed by atoms with Gasteiger partial charge in [0, 0.05) is 32.7 Å². The number of amides is 1. The highest BCUT2D eigenvalue weighted by Gasteiger charge is 2.29. The molecule has 1 heterocycles. The van der Waals surface area contributed by atoms with Gasteiger partial charge in [-0.25, -0.2) is 8.42 Å². The summed E-state index contributed by atoms with van der Waals surface area (Å²) in [5, 5.41) is 0. The number of rotatable bonds is 6. The van der Waals surface area contributed by atoms with Crippen LogP contribution in [-0.4, -0.2) is 62.6 Å². The number of nitrogens with zero attached hydrogens (tertiary/aromatic N) is 2. The van der Waals surface area contributed by atoms with Crippen LogP contribution in [0.1, 0.15) is 36.5 Å². The number of piperazine rings is 1. The molecule has 1 saturated heterocycles. The molecule has 0 bridgehead atoms. The van der Waals surface area contributed by atoms with Crippen molar-refractivity contribution in [3.8, 4) is 0 Å². The van der Waals surface area contributed by atoms with Gasteiger partial charge in [-0.1, -0.05) is 19.1 Å². The first-order valence-electron chi connectivity index (χ1n) is 8.84. The monoisotopic (exact) mass is 350 g/mol. The predicted molar refractivity (Wildman–Crippen MR) is 93.9 cm³/mol. The zero-order valence-electron chi connectivity index (χ0n) is 14.3. The highest BCUT2D eigenvalue weighted by atomic mass is 32.2. The Morgan fingerprint density at radius 2 is 1.79 bits per heavy atom. The van der Waals surface area contributed by atoms with Crippen LogP contribution in [0.5, 0.6) is 0 Å². The molecule has 1 aliphatic heterocycles. The molecule has 0 unspecified atom stereocenters. The van der Waals surface area contributed by atoms with Crippen LogP contribution in [0, 0.1) is 5.92 Å².